The van der Waals surface area contributed by atoms with Crippen LogP contribution in [0.5, 0.6) is 0 Å². The summed E-state index contributed by atoms with van der Waals surface area (Å²) < 4.78 is 16.3. The van der Waals surface area contributed by atoms with Crippen molar-refractivity contribution in [3.63, 3.8) is 0 Å². The molecular formula is C14H26N2O4. The predicted octanol–water partition coefficient (Wildman–Crippen LogP) is 0.195. The van der Waals surface area contributed by atoms with Crippen molar-refractivity contribution in [2.75, 3.05) is 33.0 Å². The maximum absolute atomic E-state index is 11.7. The monoisotopic (exact) mass is 286 g/mol. The minimum Gasteiger partial charge on any atom is -0.378 e. The molecule has 1 heterocycles. The zero-order chi connectivity index (χ0) is 14.2. The van der Waals surface area contributed by atoms with Crippen molar-refractivity contribution in [2.45, 2.75) is 50.4 Å². The third-order valence-corrected chi connectivity index (χ3v) is 3.80. The summed E-state index contributed by atoms with van der Waals surface area (Å²) in [4.78, 5) is 11.7. The van der Waals surface area contributed by atoms with Crippen molar-refractivity contribution in [3.05, 3.63) is 0 Å². The van der Waals surface area contributed by atoms with Crippen molar-refractivity contribution in [1.82, 2.24) is 5.32 Å². The minimum atomic E-state index is -0.454. The first-order valence-corrected chi connectivity index (χ1v) is 7.60. The summed E-state index contributed by atoms with van der Waals surface area (Å²) in [5, 5.41) is 2.85. The number of hydrogen-bond donors (Lipinski definition) is 2. The van der Waals surface area contributed by atoms with Gasteiger partial charge in [0.25, 0.3) is 5.91 Å². The molecule has 1 aliphatic heterocycles. The SMILES string of the molecule is NC1CCC(OCCCNC(=O)C2COCCO2)CC1. The molecule has 1 unspecified atom stereocenters. The van der Waals surface area contributed by atoms with Crippen molar-refractivity contribution in [3.8, 4) is 0 Å². The molecular weight excluding hydrogens is 260 g/mol. The highest BCUT2D eigenvalue weighted by Crippen LogP contribution is 2.19. The Kier molecular flexibility index (Phi) is 6.72. The van der Waals surface area contributed by atoms with Gasteiger partial charge in [-0.25, -0.2) is 0 Å². The number of hydrogen-bond acceptors (Lipinski definition) is 5. The molecule has 0 aromatic rings. The normalized spacial score (nSPS) is 30.9. The van der Waals surface area contributed by atoms with Crippen LogP contribution in [0.15, 0.2) is 0 Å². The van der Waals surface area contributed by atoms with Crippen LogP contribution >= 0.6 is 0 Å². The van der Waals surface area contributed by atoms with Gasteiger partial charge in [-0.15, -0.1) is 0 Å². The van der Waals surface area contributed by atoms with Gasteiger partial charge < -0.3 is 25.3 Å². The Labute approximate surface area is 120 Å². The molecule has 6 nitrogen and oxygen atoms in total. The Morgan fingerprint density at radius 1 is 1.25 bits per heavy atom. The average Bonchev–Trinajstić information content (AvgIpc) is 2.49. The van der Waals surface area contributed by atoms with Crippen LogP contribution in [0, 0.1) is 0 Å². The second-order valence-electron chi connectivity index (χ2n) is 5.49. The van der Waals surface area contributed by atoms with Crippen LogP contribution in [0.3, 0.4) is 0 Å². The molecule has 6 heteroatoms. The van der Waals surface area contributed by atoms with Crippen molar-refractivity contribution in [2.24, 2.45) is 5.73 Å². The van der Waals surface area contributed by atoms with E-state index in [0.717, 1.165) is 32.1 Å². The Balaban J connectivity index is 1.47. The summed E-state index contributed by atoms with van der Waals surface area (Å²) in [5.41, 5.74) is 5.85. The van der Waals surface area contributed by atoms with Crippen LogP contribution in [0.2, 0.25) is 0 Å². The molecule has 1 saturated heterocycles. The highest BCUT2D eigenvalue weighted by Gasteiger charge is 2.22. The number of carbonyl (C=O) groups excluding carboxylic acids is 1. The maximum Gasteiger partial charge on any atom is 0.251 e. The largest absolute Gasteiger partial charge is 0.378 e. The van der Waals surface area contributed by atoms with Gasteiger partial charge in [-0.05, 0) is 32.1 Å². The van der Waals surface area contributed by atoms with Crippen LogP contribution in [0.1, 0.15) is 32.1 Å². The molecule has 2 rings (SSSR count). The van der Waals surface area contributed by atoms with Gasteiger partial charge in [0.1, 0.15) is 0 Å². The molecule has 20 heavy (non-hydrogen) atoms. The molecule has 0 radical (unpaired) electrons. The molecule has 1 saturated carbocycles. The van der Waals surface area contributed by atoms with Crippen LogP contribution < -0.4 is 11.1 Å². The zero-order valence-corrected chi connectivity index (χ0v) is 12.0. The van der Waals surface area contributed by atoms with Crippen LogP contribution in [0.4, 0.5) is 0 Å². The Morgan fingerprint density at radius 3 is 2.75 bits per heavy atom. The van der Waals surface area contributed by atoms with E-state index in [0.29, 0.717) is 45.1 Å². The summed E-state index contributed by atoms with van der Waals surface area (Å²) in [5.74, 6) is -0.0895. The van der Waals surface area contributed by atoms with Gasteiger partial charge in [0.15, 0.2) is 6.10 Å². The molecule has 0 spiro atoms. The lowest BCUT2D eigenvalue weighted by atomic mass is 9.94. The van der Waals surface area contributed by atoms with E-state index in [1.807, 2.05) is 0 Å². The molecule has 0 aromatic carbocycles. The van der Waals surface area contributed by atoms with E-state index in [-0.39, 0.29) is 5.91 Å². The van der Waals surface area contributed by atoms with E-state index in [4.69, 9.17) is 19.9 Å². The number of carbonyl (C=O) groups is 1. The van der Waals surface area contributed by atoms with Gasteiger partial charge in [0.05, 0.1) is 25.9 Å². The average molecular weight is 286 g/mol. The molecule has 2 fully saturated rings. The smallest absolute Gasteiger partial charge is 0.251 e. The van der Waals surface area contributed by atoms with Gasteiger partial charge in [-0.2, -0.15) is 0 Å². The minimum absolute atomic E-state index is 0.0895. The summed E-state index contributed by atoms with van der Waals surface area (Å²) in [7, 11) is 0. The number of ether oxygens (including phenoxy) is 3. The molecule has 1 amide bonds. The third kappa shape index (κ3) is 5.36. The summed E-state index contributed by atoms with van der Waals surface area (Å²) in [6, 6.07) is 0.354. The molecule has 1 aliphatic carbocycles. The van der Waals surface area contributed by atoms with Crippen LogP contribution in [-0.2, 0) is 19.0 Å². The summed E-state index contributed by atoms with van der Waals surface area (Å²) in [6.45, 7) is 2.71. The lowest BCUT2D eigenvalue weighted by Crippen LogP contribution is -2.43. The van der Waals surface area contributed by atoms with E-state index >= 15 is 0 Å². The highest BCUT2D eigenvalue weighted by atomic mass is 16.6. The number of nitrogens with one attached hydrogen (secondary N) is 1. The second kappa shape index (κ2) is 8.56. The van der Waals surface area contributed by atoms with Crippen molar-refractivity contribution >= 4 is 5.91 Å². The molecule has 2 aliphatic rings. The molecule has 0 bridgehead atoms. The Hall–Kier alpha value is -0.690. The van der Waals surface area contributed by atoms with Gasteiger partial charge in [0, 0.05) is 19.2 Å². The van der Waals surface area contributed by atoms with E-state index in [9.17, 15) is 4.79 Å². The topological polar surface area (TPSA) is 82.8 Å². The van der Waals surface area contributed by atoms with E-state index in [1.165, 1.54) is 0 Å². The second-order valence-corrected chi connectivity index (χ2v) is 5.49. The highest BCUT2D eigenvalue weighted by molar-refractivity contribution is 5.80. The van der Waals surface area contributed by atoms with Crippen molar-refractivity contribution < 1.29 is 19.0 Å². The summed E-state index contributed by atoms with van der Waals surface area (Å²) in [6.07, 6.45) is 4.94. The first-order chi connectivity index (χ1) is 9.75. The number of rotatable bonds is 6. The number of amides is 1. The van der Waals surface area contributed by atoms with Gasteiger partial charge >= 0.3 is 0 Å². The maximum atomic E-state index is 11.7. The fourth-order valence-electron chi connectivity index (χ4n) is 2.54. The molecule has 1 atom stereocenters. The summed E-state index contributed by atoms with van der Waals surface area (Å²) >= 11 is 0. The standard InChI is InChI=1S/C14H26N2O4/c15-11-2-4-12(5-3-11)19-7-1-6-16-14(17)13-10-18-8-9-20-13/h11-13H,1-10,15H2,(H,16,17). The predicted molar refractivity (Wildman–Crippen MR) is 74.4 cm³/mol. The van der Waals surface area contributed by atoms with Crippen LogP contribution in [0.25, 0.3) is 0 Å². The van der Waals surface area contributed by atoms with Crippen LogP contribution in [-0.4, -0.2) is 57.1 Å². The molecule has 3 N–H and O–H groups in total. The Bertz CT molecular complexity index is 287. The quantitative estimate of drug-likeness (QED) is 0.681. The Morgan fingerprint density at radius 2 is 2.05 bits per heavy atom. The van der Waals surface area contributed by atoms with Gasteiger partial charge in [0.2, 0.25) is 0 Å². The zero-order valence-electron chi connectivity index (χ0n) is 12.0. The molecule has 116 valence electrons. The molecule has 0 aromatic heterocycles. The first-order valence-electron chi connectivity index (χ1n) is 7.60. The van der Waals surface area contributed by atoms with E-state index < -0.39 is 6.10 Å². The van der Waals surface area contributed by atoms with Gasteiger partial charge in [-0.1, -0.05) is 0 Å². The lowest BCUT2D eigenvalue weighted by molar-refractivity contribution is -0.147. The van der Waals surface area contributed by atoms with Crippen molar-refractivity contribution in [1.29, 1.82) is 0 Å². The fraction of sp³-hybridized carbons (Fsp3) is 0.929. The van der Waals surface area contributed by atoms with Gasteiger partial charge in [-0.3, -0.25) is 4.79 Å². The van der Waals surface area contributed by atoms with E-state index in [1.54, 1.807) is 0 Å². The van der Waals surface area contributed by atoms with E-state index in [2.05, 4.69) is 5.32 Å². The number of nitrogens with two attached hydrogens (primary N) is 1. The third-order valence-electron chi connectivity index (χ3n) is 3.80. The lowest BCUT2D eigenvalue weighted by Gasteiger charge is -2.26. The fourth-order valence-corrected chi connectivity index (χ4v) is 2.54. The first kappa shape index (κ1) is 15.7.